The van der Waals surface area contributed by atoms with Gasteiger partial charge in [-0.3, -0.25) is 0 Å². The van der Waals surface area contributed by atoms with E-state index in [1.165, 1.54) is 0 Å². The van der Waals surface area contributed by atoms with Crippen molar-refractivity contribution in [3.63, 3.8) is 0 Å². The van der Waals surface area contributed by atoms with Gasteiger partial charge in [-0.05, 0) is 42.3 Å². The van der Waals surface area contributed by atoms with Crippen LogP contribution in [0, 0.1) is 0 Å². The van der Waals surface area contributed by atoms with E-state index in [4.69, 9.17) is 4.74 Å². The Labute approximate surface area is 150 Å². The van der Waals surface area contributed by atoms with E-state index in [0.29, 0.717) is 11.6 Å². The number of nitrogens with one attached hydrogen (secondary N) is 2. The molecule has 0 aliphatic rings. The summed E-state index contributed by atoms with van der Waals surface area (Å²) < 4.78 is 5.19. The van der Waals surface area contributed by atoms with Crippen LogP contribution < -0.4 is 10.2 Å². The molecule has 0 saturated heterocycles. The minimum Gasteiger partial charge on any atom is -0.497 e. The molecule has 4 rings (SSSR count). The Kier molecular flexibility index (Phi) is 4.18. The molecular weight excluding hydrogens is 328 g/mol. The molecule has 26 heavy (non-hydrogen) atoms. The number of hydrazone groups is 1. The van der Waals surface area contributed by atoms with E-state index in [0.717, 1.165) is 39.9 Å². The van der Waals surface area contributed by atoms with Crippen molar-refractivity contribution < 1.29 is 4.74 Å². The van der Waals surface area contributed by atoms with Crippen molar-refractivity contribution in [1.29, 1.82) is 0 Å². The van der Waals surface area contributed by atoms with Crippen LogP contribution in [0.2, 0.25) is 0 Å². The summed E-state index contributed by atoms with van der Waals surface area (Å²) in [5, 5.41) is 13.9. The van der Waals surface area contributed by atoms with E-state index in [1.807, 2.05) is 55.5 Å². The van der Waals surface area contributed by atoms with Crippen molar-refractivity contribution in [2.24, 2.45) is 5.10 Å². The molecule has 0 spiro atoms. The van der Waals surface area contributed by atoms with E-state index in [-0.39, 0.29) is 0 Å². The largest absolute Gasteiger partial charge is 0.497 e. The summed E-state index contributed by atoms with van der Waals surface area (Å²) in [4.78, 5) is 7.72. The van der Waals surface area contributed by atoms with Crippen LogP contribution in [0.1, 0.15) is 18.9 Å². The maximum absolute atomic E-state index is 5.19. The molecule has 2 aromatic carbocycles. The summed E-state index contributed by atoms with van der Waals surface area (Å²) in [7, 11) is 1.65. The van der Waals surface area contributed by atoms with Gasteiger partial charge >= 0.3 is 0 Å². The first kappa shape index (κ1) is 16.0. The van der Waals surface area contributed by atoms with Crippen LogP contribution in [0.25, 0.3) is 22.1 Å². The molecule has 0 fully saturated rings. The minimum atomic E-state index is 0.350. The number of hydrogen-bond donors (Lipinski definition) is 2. The second kappa shape index (κ2) is 6.79. The third-order valence-electron chi connectivity index (χ3n) is 4.17. The first-order valence-electron chi connectivity index (χ1n) is 8.36. The van der Waals surface area contributed by atoms with E-state index < -0.39 is 0 Å². The fourth-order valence-electron chi connectivity index (χ4n) is 2.82. The Bertz CT molecular complexity index is 1080. The Hall–Kier alpha value is -3.48. The zero-order valence-corrected chi connectivity index (χ0v) is 14.5. The molecule has 0 saturated carbocycles. The monoisotopic (exact) mass is 346 g/mol. The number of anilines is 1. The van der Waals surface area contributed by atoms with Crippen molar-refractivity contribution in [3.8, 4) is 5.75 Å². The lowest BCUT2D eigenvalue weighted by Gasteiger charge is -2.06. The quantitative estimate of drug-likeness (QED) is 0.424. The van der Waals surface area contributed by atoms with Gasteiger partial charge in [0.2, 0.25) is 0 Å². The summed E-state index contributed by atoms with van der Waals surface area (Å²) in [6, 6.07) is 15.7. The van der Waals surface area contributed by atoms with Gasteiger partial charge in [-0.1, -0.05) is 25.1 Å². The van der Waals surface area contributed by atoms with Gasteiger partial charge in [0.25, 0.3) is 5.95 Å². The van der Waals surface area contributed by atoms with Crippen LogP contribution >= 0.6 is 0 Å². The first-order valence-corrected chi connectivity index (χ1v) is 8.36. The van der Waals surface area contributed by atoms with Crippen LogP contribution in [0.3, 0.4) is 0 Å². The number of methoxy groups -OCH3 is 1. The number of para-hydroxylation sites is 1. The van der Waals surface area contributed by atoms with Gasteiger partial charge in [-0.25, -0.2) is 5.43 Å². The summed E-state index contributed by atoms with van der Waals surface area (Å²) >= 11 is 0. The highest BCUT2D eigenvalue weighted by Crippen LogP contribution is 2.22. The zero-order valence-electron chi connectivity index (χ0n) is 14.5. The Balaban J connectivity index is 1.62. The summed E-state index contributed by atoms with van der Waals surface area (Å²) in [5.74, 6) is 1.16. The van der Waals surface area contributed by atoms with E-state index in [1.54, 1.807) is 7.11 Å². The molecule has 130 valence electrons. The highest BCUT2D eigenvalue weighted by atomic mass is 16.5. The van der Waals surface area contributed by atoms with Gasteiger partial charge in [0.1, 0.15) is 11.3 Å². The molecule has 7 nitrogen and oxygen atoms in total. The lowest BCUT2D eigenvalue weighted by atomic mass is 10.1. The molecule has 0 unspecified atom stereocenters. The van der Waals surface area contributed by atoms with Gasteiger partial charge in [0.05, 0.1) is 12.8 Å². The highest BCUT2D eigenvalue weighted by molar-refractivity contribution is 6.03. The van der Waals surface area contributed by atoms with Crippen LogP contribution in [0.5, 0.6) is 5.75 Å². The van der Waals surface area contributed by atoms with Gasteiger partial charge in [-0.15, -0.1) is 10.2 Å². The van der Waals surface area contributed by atoms with E-state index in [2.05, 4.69) is 30.7 Å². The number of nitrogens with zero attached hydrogens (tertiary/aromatic N) is 4. The molecule has 4 aromatic rings. The SMILES string of the molecule is CC/C(=N/Nc1nnc2c(n1)[nH]c1ccccc12)c1ccc(OC)cc1. The molecule has 2 aromatic heterocycles. The van der Waals surface area contributed by atoms with Crippen molar-refractivity contribution in [1.82, 2.24) is 20.2 Å². The molecule has 0 aliphatic carbocycles. The second-order valence-corrected chi connectivity index (χ2v) is 5.76. The first-order chi connectivity index (χ1) is 12.8. The van der Waals surface area contributed by atoms with Crippen LogP contribution in [-0.2, 0) is 0 Å². The van der Waals surface area contributed by atoms with Crippen molar-refractivity contribution in [3.05, 3.63) is 54.1 Å². The van der Waals surface area contributed by atoms with E-state index in [9.17, 15) is 0 Å². The standard InChI is InChI=1S/C19H18N6O/c1-3-15(12-8-10-13(26-2)11-9-12)22-24-19-21-18-17(23-25-19)14-6-4-5-7-16(14)20-18/h4-11H,3H2,1-2H3,(H2,20,21,24,25)/b22-15-. The lowest BCUT2D eigenvalue weighted by Crippen LogP contribution is -2.05. The summed E-state index contributed by atoms with van der Waals surface area (Å²) in [6.45, 7) is 2.05. The number of rotatable bonds is 5. The smallest absolute Gasteiger partial charge is 0.265 e. The van der Waals surface area contributed by atoms with Gasteiger partial charge < -0.3 is 9.72 Å². The van der Waals surface area contributed by atoms with Gasteiger partial charge in [0.15, 0.2) is 5.65 Å². The average molecular weight is 346 g/mol. The Morgan fingerprint density at radius 1 is 1.12 bits per heavy atom. The number of fused-ring (bicyclic) bond motifs is 3. The molecule has 2 heterocycles. The van der Waals surface area contributed by atoms with Crippen LogP contribution in [0.4, 0.5) is 5.95 Å². The highest BCUT2D eigenvalue weighted by Gasteiger charge is 2.08. The molecule has 7 heteroatoms. The summed E-state index contributed by atoms with van der Waals surface area (Å²) in [5.41, 5.74) is 7.24. The molecule has 0 aliphatic heterocycles. The van der Waals surface area contributed by atoms with Gasteiger partial charge in [0, 0.05) is 10.9 Å². The fourth-order valence-corrected chi connectivity index (χ4v) is 2.82. The van der Waals surface area contributed by atoms with Crippen molar-refractivity contribution in [2.45, 2.75) is 13.3 Å². The van der Waals surface area contributed by atoms with Crippen molar-refractivity contribution >= 4 is 33.7 Å². The molecule has 0 atom stereocenters. The number of hydrogen-bond acceptors (Lipinski definition) is 6. The number of H-pyrrole nitrogens is 1. The predicted octanol–water partition coefficient (Wildman–Crippen LogP) is 3.74. The number of aromatic amines is 1. The number of benzene rings is 2. The number of ether oxygens (including phenoxy) is 1. The molecule has 0 amide bonds. The molecule has 0 bridgehead atoms. The van der Waals surface area contributed by atoms with E-state index >= 15 is 0 Å². The fraction of sp³-hybridized carbons (Fsp3) is 0.158. The zero-order chi connectivity index (χ0) is 17.9. The topological polar surface area (TPSA) is 88.1 Å². The normalized spacial score (nSPS) is 11.8. The van der Waals surface area contributed by atoms with Gasteiger partial charge in [-0.2, -0.15) is 10.1 Å². The van der Waals surface area contributed by atoms with Crippen LogP contribution in [0.15, 0.2) is 53.6 Å². The van der Waals surface area contributed by atoms with Crippen LogP contribution in [-0.4, -0.2) is 33.0 Å². The summed E-state index contributed by atoms with van der Waals surface area (Å²) in [6.07, 6.45) is 0.765. The third-order valence-corrected chi connectivity index (χ3v) is 4.17. The lowest BCUT2D eigenvalue weighted by molar-refractivity contribution is 0.415. The minimum absolute atomic E-state index is 0.350. The predicted molar refractivity (Wildman–Crippen MR) is 103 cm³/mol. The Morgan fingerprint density at radius 2 is 1.92 bits per heavy atom. The third kappa shape index (κ3) is 2.95. The average Bonchev–Trinajstić information content (AvgIpc) is 3.06. The maximum atomic E-state index is 5.19. The molecule has 0 radical (unpaired) electrons. The molecular formula is C19H18N6O. The Morgan fingerprint density at radius 3 is 2.69 bits per heavy atom. The number of aromatic nitrogens is 4. The second-order valence-electron chi connectivity index (χ2n) is 5.76. The maximum Gasteiger partial charge on any atom is 0.265 e. The van der Waals surface area contributed by atoms with Crippen molar-refractivity contribution in [2.75, 3.05) is 12.5 Å². The molecule has 2 N–H and O–H groups in total.